The molecule has 0 bridgehead atoms. The van der Waals surface area contributed by atoms with E-state index in [0.29, 0.717) is 12.5 Å². The lowest BCUT2D eigenvalue weighted by atomic mass is 10.00. The first-order chi connectivity index (χ1) is 9.25. The van der Waals surface area contributed by atoms with Crippen molar-refractivity contribution in [1.29, 1.82) is 0 Å². The van der Waals surface area contributed by atoms with E-state index in [9.17, 15) is 0 Å². The minimum Gasteiger partial charge on any atom is -0.353 e. The van der Waals surface area contributed by atoms with Gasteiger partial charge in [0, 0.05) is 5.92 Å². The van der Waals surface area contributed by atoms with E-state index in [1.165, 1.54) is 5.56 Å². The number of benzene rings is 1. The SMILES string of the molecule is CC(OCCc1ccccc1)OC1C=CC=CC1C. The van der Waals surface area contributed by atoms with Gasteiger partial charge in [-0.3, -0.25) is 0 Å². The molecule has 0 aliphatic heterocycles. The summed E-state index contributed by atoms with van der Waals surface area (Å²) in [6, 6.07) is 10.4. The Morgan fingerprint density at radius 2 is 1.84 bits per heavy atom. The maximum atomic E-state index is 5.88. The summed E-state index contributed by atoms with van der Waals surface area (Å²) in [5.74, 6) is 0.408. The normalized spacial score (nSPS) is 23.5. The van der Waals surface area contributed by atoms with Crippen LogP contribution in [-0.4, -0.2) is 19.0 Å². The number of hydrogen-bond donors (Lipinski definition) is 0. The molecule has 19 heavy (non-hydrogen) atoms. The molecular formula is C17H22O2. The average Bonchev–Trinajstić information content (AvgIpc) is 2.43. The first-order valence-electron chi connectivity index (χ1n) is 6.91. The Balaban J connectivity index is 1.69. The molecule has 0 spiro atoms. The van der Waals surface area contributed by atoms with Crippen LogP contribution in [0, 0.1) is 5.92 Å². The zero-order chi connectivity index (χ0) is 13.5. The summed E-state index contributed by atoms with van der Waals surface area (Å²) in [4.78, 5) is 0. The number of allylic oxidation sites excluding steroid dienone is 2. The topological polar surface area (TPSA) is 18.5 Å². The Bertz CT molecular complexity index is 422. The van der Waals surface area contributed by atoms with Crippen molar-refractivity contribution in [3.8, 4) is 0 Å². The minimum atomic E-state index is -0.174. The second-order valence-corrected chi connectivity index (χ2v) is 4.90. The van der Waals surface area contributed by atoms with Crippen molar-refractivity contribution >= 4 is 0 Å². The number of hydrogen-bond acceptors (Lipinski definition) is 2. The molecule has 0 saturated carbocycles. The Kier molecular flexibility index (Phi) is 5.37. The number of ether oxygens (including phenoxy) is 2. The van der Waals surface area contributed by atoms with Crippen LogP contribution in [0.3, 0.4) is 0 Å². The second kappa shape index (κ2) is 7.27. The van der Waals surface area contributed by atoms with E-state index in [0.717, 1.165) is 6.42 Å². The lowest BCUT2D eigenvalue weighted by Crippen LogP contribution is -2.26. The van der Waals surface area contributed by atoms with Crippen molar-refractivity contribution in [1.82, 2.24) is 0 Å². The molecule has 2 rings (SSSR count). The molecule has 1 aromatic rings. The second-order valence-electron chi connectivity index (χ2n) is 4.90. The molecular weight excluding hydrogens is 236 g/mol. The van der Waals surface area contributed by atoms with Crippen molar-refractivity contribution in [2.45, 2.75) is 32.7 Å². The molecule has 2 heteroatoms. The van der Waals surface area contributed by atoms with Gasteiger partial charge in [0.2, 0.25) is 0 Å². The van der Waals surface area contributed by atoms with E-state index in [4.69, 9.17) is 9.47 Å². The Morgan fingerprint density at radius 1 is 1.11 bits per heavy atom. The highest BCUT2D eigenvalue weighted by molar-refractivity contribution is 5.15. The molecule has 0 N–H and O–H groups in total. The third-order valence-electron chi connectivity index (χ3n) is 3.28. The smallest absolute Gasteiger partial charge is 0.155 e. The van der Waals surface area contributed by atoms with Gasteiger partial charge in [0.25, 0.3) is 0 Å². The van der Waals surface area contributed by atoms with Crippen LogP contribution in [-0.2, 0) is 15.9 Å². The van der Waals surface area contributed by atoms with Crippen molar-refractivity contribution in [3.05, 3.63) is 60.2 Å². The highest BCUT2D eigenvalue weighted by atomic mass is 16.7. The monoisotopic (exact) mass is 258 g/mol. The van der Waals surface area contributed by atoms with E-state index in [2.05, 4.69) is 49.4 Å². The third-order valence-corrected chi connectivity index (χ3v) is 3.28. The Hall–Kier alpha value is -1.38. The summed E-state index contributed by atoms with van der Waals surface area (Å²) in [5.41, 5.74) is 1.29. The molecule has 2 nitrogen and oxygen atoms in total. The number of rotatable bonds is 6. The van der Waals surface area contributed by atoms with Crippen LogP contribution in [0.25, 0.3) is 0 Å². The van der Waals surface area contributed by atoms with Crippen LogP contribution in [0.5, 0.6) is 0 Å². The first kappa shape index (κ1) is 14.0. The fraction of sp³-hybridized carbons (Fsp3) is 0.412. The summed E-state index contributed by atoms with van der Waals surface area (Å²) in [6.07, 6.45) is 9.20. The maximum Gasteiger partial charge on any atom is 0.155 e. The molecule has 0 radical (unpaired) electrons. The molecule has 0 saturated heterocycles. The predicted molar refractivity (Wildman–Crippen MR) is 77.9 cm³/mol. The van der Waals surface area contributed by atoms with E-state index in [-0.39, 0.29) is 12.4 Å². The van der Waals surface area contributed by atoms with E-state index < -0.39 is 0 Å². The fourth-order valence-corrected chi connectivity index (χ4v) is 2.12. The summed E-state index contributed by atoms with van der Waals surface area (Å²) in [7, 11) is 0. The molecule has 1 aliphatic rings. The predicted octanol–water partition coefficient (Wildman–Crippen LogP) is 3.74. The summed E-state index contributed by atoms with van der Waals surface area (Å²) in [5, 5.41) is 0. The third kappa shape index (κ3) is 4.66. The average molecular weight is 258 g/mol. The van der Waals surface area contributed by atoms with Crippen molar-refractivity contribution in [2.24, 2.45) is 5.92 Å². The molecule has 0 aromatic heterocycles. The van der Waals surface area contributed by atoms with Gasteiger partial charge in [-0.2, -0.15) is 0 Å². The van der Waals surface area contributed by atoms with Crippen LogP contribution in [0.4, 0.5) is 0 Å². The zero-order valence-corrected chi connectivity index (χ0v) is 11.7. The van der Waals surface area contributed by atoms with E-state index in [1.807, 2.05) is 19.1 Å². The van der Waals surface area contributed by atoms with E-state index >= 15 is 0 Å². The zero-order valence-electron chi connectivity index (χ0n) is 11.7. The van der Waals surface area contributed by atoms with Crippen molar-refractivity contribution in [3.63, 3.8) is 0 Å². The lowest BCUT2D eigenvalue weighted by molar-refractivity contribution is -0.154. The van der Waals surface area contributed by atoms with Gasteiger partial charge in [0.05, 0.1) is 12.7 Å². The van der Waals surface area contributed by atoms with Gasteiger partial charge in [-0.1, -0.05) is 61.6 Å². The van der Waals surface area contributed by atoms with Gasteiger partial charge < -0.3 is 9.47 Å². The molecule has 102 valence electrons. The quantitative estimate of drug-likeness (QED) is 0.724. The minimum absolute atomic E-state index is 0.122. The van der Waals surface area contributed by atoms with Crippen molar-refractivity contribution in [2.75, 3.05) is 6.61 Å². The van der Waals surface area contributed by atoms with Crippen molar-refractivity contribution < 1.29 is 9.47 Å². The van der Waals surface area contributed by atoms with Crippen LogP contribution >= 0.6 is 0 Å². The molecule has 0 amide bonds. The highest BCUT2D eigenvalue weighted by Gasteiger charge is 2.17. The Morgan fingerprint density at radius 3 is 2.58 bits per heavy atom. The molecule has 3 unspecified atom stereocenters. The molecule has 1 aliphatic carbocycles. The Labute approximate surface area is 115 Å². The van der Waals surface area contributed by atoms with Gasteiger partial charge in [-0.25, -0.2) is 0 Å². The molecule has 0 fully saturated rings. The van der Waals surface area contributed by atoms with Gasteiger partial charge in [0.1, 0.15) is 0 Å². The summed E-state index contributed by atoms with van der Waals surface area (Å²) in [6.45, 7) is 4.80. The summed E-state index contributed by atoms with van der Waals surface area (Å²) >= 11 is 0. The van der Waals surface area contributed by atoms with Crippen LogP contribution in [0.15, 0.2) is 54.6 Å². The first-order valence-corrected chi connectivity index (χ1v) is 6.91. The van der Waals surface area contributed by atoms with Crippen LogP contribution in [0.1, 0.15) is 19.4 Å². The van der Waals surface area contributed by atoms with Gasteiger partial charge in [0.15, 0.2) is 6.29 Å². The van der Waals surface area contributed by atoms with Crippen LogP contribution < -0.4 is 0 Å². The maximum absolute atomic E-state index is 5.88. The molecule has 3 atom stereocenters. The van der Waals surface area contributed by atoms with Gasteiger partial charge in [-0.05, 0) is 18.9 Å². The standard InChI is InChI=1S/C17H22O2/c1-14-8-6-7-11-17(14)19-15(2)18-13-12-16-9-4-3-5-10-16/h3-11,14-15,17H,12-13H2,1-2H3. The van der Waals surface area contributed by atoms with Gasteiger partial charge >= 0.3 is 0 Å². The van der Waals surface area contributed by atoms with Gasteiger partial charge in [-0.15, -0.1) is 0 Å². The lowest BCUT2D eigenvalue weighted by Gasteiger charge is -2.25. The van der Waals surface area contributed by atoms with Crippen LogP contribution in [0.2, 0.25) is 0 Å². The fourth-order valence-electron chi connectivity index (χ4n) is 2.12. The molecule has 0 heterocycles. The van der Waals surface area contributed by atoms with E-state index in [1.54, 1.807) is 0 Å². The highest BCUT2D eigenvalue weighted by Crippen LogP contribution is 2.17. The summed E-state index contributed by atoms with van der Waals surface area (Å²) < 4.78 is 11.6. The largest absolute Gasteiger partial charge is 0.353 e. The molecule has 1 aromatic carbocycles.